The molecule has 176 valence electrons. The minimum atomic E-state index is -0.659. The van der Waals surface area contributed by atoms with Gasteiger partial charge in [0, 0.05) is 6.54 Å². The van der Waals surface area contributed by atoms with Gasteiger partial charge in [-0.05, 0) is 53.1 Å². The molecule has 1 unspecified atom stereocenters. The van der Waals surface area contributed by atoms with Crippen LogP contribution in [0, 0.1) is 0 Å². The Morgan fingerprint density at radius 3 is 2.35 bits per heavy atom. The number of hydrogen-bond acceptors (Lipinski definition) is 6. The van der Waals surface area contributed by atoms with Gasteiger partial charge in [-0.15, -0.1) is 11.3 Å². The van der Waals surface area contributed by atoms with Crippen molar-refractivity contribution in [1.29, 1.82) is 0 Å². The summed E-state index contributed by atoms with van der Waals surface area (Å²) in [5.74, 6) is -0.103. The van der Waals surface area contributed by atoms with E-state index in [9.17, 15) is 14.7 Å². The Morgan fingerprint density at radius 2 is 1.74 bits per heavy atom. The second-order valence-corrected chi connectivity index (χ2v) is 8.95. The molecule has 6 nitrogen and oxygen atoms in total. The predicted octanol–water partition coefficient (Wildman–Crippen LogP) is 5.15. The number of thiophene rings is 1. The third-order valence-electron chi connectivity index (χ3n) is 6.09. The summed E-state index contributed by atoms with van der Waals surface area (Å²) in [6.45, 7) is 2.39. The molecule has 0 radical (unpaired) electrons. The minimum Gasteiger partial charge on any atom is -0.503 e. The highest BCUT2D eigenvalue weighted by atomic mass is 32.1. The maximum absolute atomic E-state index is 13.3. The molecule has 0 fully saturated rings. The minimum absolute atomic E-state index is 0.129. The van der Waals surface area contributed by atoms with Crippen molar-refractivity contribution >= 4 is 23.0 Å². The lowest BCUT2D eigenvalue weighted by molar-refractivity contribution is -0.129. The van der Waals surface area contributed by atoms with Crippen LogP contribution in [0.2, 0.25) is 0 Å². The number of ether oxygens (including phenoxy) is 2. The smallest absolute Gasteiger partial charge is 0.290 e. The first kappa shape index (κ1) is 23.6. The molecule has 0 aliphatic carbocycles. The van der Waals surface area contributed by atoms with E-state index in [1.165, 1.54) is 11.3 Å². The molecule has 0 bridgehead atoms. The van der Waals surface area contributed by atoms with E-state index in [4.69, 9.17) is 9.47 Å². The van der Waals surface area contributed by atoms with Gasteiger partial charge in [-0.2, -0.15) is 0 Å². The third kappa shape index (κ3) is 4.43. The van der Waals surface area contributed by atoms with E-state index in [2.05, 4.69) is 6.92 Å². The van der Waals surface area contributed by atoms with E-state index in [0.717, 1.165) is 23.1 Å². The van der Waals surface area contributed by atoms with Crippen molar-refractivity contribution in [2.24, 2.45) is 0 Å². The van der Waals surface area contributed by atoms with Gasteiger partial charge >= 0.3 is 0 Å². The number of methoxy groups -OCH3 is 2. The number of Topliss-reactive ketones (excluding diaryl/α,β-unsaturated/α-hetero) is 1. The van der Waals surface area contributed by atoms with Crippen molar-refractivity contribution in [1.82, 2.24) is 4.90 Å². The van der Waals surface area contributed by atoms with Gasteiger partial charge < -0.3 is 19.5 Å². The fraction of sp³-hybridized carbons (Fsp3) is 0.259. The lowest BCUT2D eigenvalue weighted by Crippen LogP contribution is -2.33. The number of aliphatic hydroxyl groups is 1. The molecule has 1 aliphatic rings. The molecule has 1 amide bonds. The van der Waals surface area contributed by atoms with Crippen LogP contribution in [0.15, 0.2) is 71.3 Å². The standard InChI is InChI=1S/C27H27NO5S/c1-4-17-7-10-19(11-8-17)24-23(25(29)22-6-5-15-34-22)26(30)27(31)28(24)14-13-18-9-12-20(32-2)21(16-18)33-3/h5-12,15-16,24,30H,4,13-14H2,1-3H3. The molecule has 0 saturated carbocycles. The highest BCUT2D eigenvalue weighted by molar-refractivity contribution is 7.12. The van der Waals surface area contributed by atoms with Crippen molar-refractivity contribution in [3.05, 3.63) is 92.9 Å². The first-order chi connectivity index (χ1) is 16.5. The van der Waals surface area contributed by atoms with Crippen LogP contribution in [0.3, 0.4) is 0 Å². The zero-order valence-corrected chi connectivity index (χ0v) is 20.2. The molecule has 1 aromatic heterocycles. The lowest BCUT2D eigenvalue weighted by Gasteiger charge is -2.27. The van der Waals surface area contributed by atoms with Crippen LogP contribution in [0.1, 0.15) is 39.3 Å². The number of rotatable bonds is 9. The fourth-order valence-electron chi connectivity index (χ4n) is 4.22. The molecule has 7 heteroatoms. The molecule has 0 spiro atoms. The second-order valence-electron chi connectivity index (χ2n) is 8.00. The van der Waals surface area contributed by atoms with Crippen LogP contribution in [0.5, 0.6) is 11.5 Å². The normalized spacial score (nSPS) is 15.7. The fourth-order valence-corrected chi connectivity index (χ4v) is 4.90. The number of hydrogen-bond donors (Lipinski definition) is 1. The van der Waals surface area contributed by atoms with Crippen LogP contribution < -0.4 is 9.47 Å². The molecule has 1 atom stereocenters. The highest BCUT2D eigenvalue weighted by Gasteiger charge is 2.43. The van der Waals surface area contributed by atoms with Crippen molar-refractivity contribution in [3.63, 3.8) is 0 Å². The number of nitrogens with zero attached hydrogens (tertiary/aromatic N) is 1. The van der Waals surface area contributed by atoms with Gasteiger partial charge in [0.15, 0.2) is 17.3 Å². The molecule has 4 rings (SSSR count). The molecule has 1 aliphatic heterocycles. The Hall–Kier alpha value is -3.58. The molecular formula is C27H27NO5S. The Labute approximate surface area is 203 Å². The summed E-state index contributed by atoms with van der Waals surface area (Å²) in [4.78, 5) is 28.6. The molecular weight excluding hydrogens is 450 g/mol. The first-order valence-corrected chi connectivity index (χ1v) is 12.0. The van der Waals surface area contributed by atoms with Crippen molar-refractivity contribution in [3.8, 4) is 11.5 Å². The number of aryl methyl sites for hydroxylation is 1. The van der Waals surface area contributed by atoms with E-state index in [1.54, 1.807) is 31.3 Å². The van der Waals surface area contributed by atoms with Crippen molar-refractivity contribution in [2.75, 3.05) is 20.8 Å². The SMILES string of the molecule is CCc1ccc(C2C(C(=O)c3cccs3)=C(O)C(=O)N2CCc2ccc(OC)c(OC)c2)cc1. The summed E-state index contributed by atoms with van der Waals surface area (Å²) < 4.78 is 10.7. The van der Waals surface area contributed by atoms with E-state index in [0.29, 0.717) is 29.3 Å². The van der Waals surface area contributed by atoms with E-state index >= 15 is 0 Å². The maximum atomic E-state index is 13.3. The molecule has 3 aromatic rings. The van der Waals surface area contributed by atoms with Crippen LogP contribution in [-0.2, 0) is 17.6 Å². The monoisotopic (exact) mass is 477 g/mol. The van der Waals surface area contributed by atoms with Crippen molar-refractivity contribution in [2.45, 2.75) is 25.8 Å². The number of aliphatic hydroxyl groups excluding tert-OH is 1. The van der Waals surface area contributed by atoms with E-state index < -0.39 is 17.7 Å². The summed E-state index contributed by atoms with van der Waals surface area (Å²) >= 11 is 1.29. The summed E-state index contributed by atoms with van der Waals surface area (Å²) in [6.07, 6.45) is 1.40. The Kier molecular flexibility index (Phi) is 7.03. The largest absolute Gasteiger partial charge is 0.503 e. The van der Waals surface area contributed by atoms with Gasteiger partial charge in [0.1, 0.15) is 0 Å². The molecule has 34 heavy (non-hydrogen) atoms. The molecule has 2 heterocycles. The number of amides is 1. The Bertz CT molecular complexity index is 1210. The number of ketones is 1. The third-order valence-corrected chi connectivity index (χ3v) is 6.95. The van der Waals surface area contributed by atoms with Crippen LogP contribution in [0.25, 0.3) is 0 Å². The Balaban J connectivity index is 1.67. The van der Waals surface area contributed by atoms with Gasteiger partial charge in [-0.3, -0.25) is 9.59 Å². The average Bonchev–Trinajstić information content (AvgIpc) is 3.50. The summed E-state index contributed by atoms with van der Waals surface area (Å²) in [5.41, 5.74) is 3.03. The van der Waals surface area contributed by atoms with Gasteiger partial charge in [-0.1, -0.05) is 43.3 Å². The van der Waals surface area contributed by atoms with Crippen LogP contribution in [-0.4, -0.2) is 42.5 Å². The number of benzene rings is 2. The zero-order valence-electron chi connectivity index (χ0n) is 19.4. The molecule has 1 N–H and O–H groups in total. The van der Waals surface area contributed by atoms with Crippen molar-refractivity contribution < 1.29 is 24.2 Å². The quantitative estimate of drug-likeness (QED) is 0.432. The van der Waals surface area contributed by atoms with Crippen LogP contribution in [0.4, 0.5) is 0 Å². The summed E-state index contributed by atoms with van der Waals surface area (Å²) in [7, 11) is 3.15. The molecule has 2 aromatic carbocycles. The maximum Gasteiger partial charge on any atom is 0.290 e. The topological polar surface area (TPSA) is 76.1 Å². The first-order valence-electron chi connectivity index (χ1n) is 11.1. The van der Waals surface area contributed by atoms with E-state index in [1.807, 2.05) is 47.8 Å². The number of carbonyl (C=O) groups excluding carboxylic acids is 2. The highest BCUT2D eigenvalue weighted by Crippen LogP contribution is 2.40. The van der Waals surface area contributed by atoms with Crippen LogP contribution >= 0.6 is 11.3 Å². The van der Waals surface area contributed by atoms with Gasteiger partial charge in [0.2, 0.25) is 5.78 Å². The van der Waals surface area contributed by atoms with Gasteiger partial charge in [-0.25, -0.2) is 0 Å². The average molecular weight is 478 g/mol. The second kappa shape index (κ2) is 10.1. The summed E-state index contributed by atoms with van der Waals surface area (Å²) in [5, 5.41) is 12.6. The predicted molar refractivity (Wildman–Crippen MR) is 132 cm³/mol. The zero-order chi connectivity index (χ0) is 24.2. The number of carbonyl (C=O) groups is 2. The van der Waals surface area contributed by atoms with Gasteiger partial charge in [0.25, 0.3) is 5.91 Å². The summed E-state index contributed by atoms with van der Waals surface area (Å²) in [6, 6.07) is 16.3. The van der Waals surface area contributed by atoms with Gasteiger partial charge in [0.05, 0.1) is 30.7 Å². The Morgan fingerprint density at radius 1 is 1.03 bits per heavy atom. The lowest BCUT2D eigenvalue weighted by atomic mass is 9.94. The molecule has 0 saturated heterocycles. The van der Waals surface area contributed by atoms with E-state index in [-0.39, 0.29) is 11.4 Å².